The number of amides is 1. The van der Waals surface area contributed by atoms with E-state index in [1.807, 2.05) is 43.3 Å². The molecule has 1 amide bonds. The van der Waals surface area contributed by atoms with Crippen LogP contribution in [0.2, 0.25) is 0 Å². The third-order valence-corrected chi connectivity index (χ3v) is 5.49. The van der Waals surface area contributed by atoms with Gasteiger partial charge in [0.1, 0.15) is 5.69 Å². The van der Waals surface area contributed by atoms with Gasteiger partial charge in [-0.15, -0.1) is 0 Å². The summed E-state index contributed by atoms with van der Waals surface area (Å²) in [6.07, 6.45) is 0. The summed E-state index contributed by atoms with van der Waals surface area (Å²) in [6, 6.07) is 22.2. The zero-order chi connectivity index (χ0) is 20.8. The number of hydrogen-bond donors (Lipinski definition) is 1. The van der Waals surface area contributed by atoms with E-state index in [-0.39, 0.29) is 5.91 Å². The molecule has 0 atom stereocenters. The lowest BCUT2D eigenvalue weighted by molar-refractivity contribution is 0.0926. The highest BCUT2D eigenvalue weighted by molar-refractivity contribution is 5.93. The van der Waals surface area contributed by atoms with Crippen LogP contribution in [0.3, 0.4) is 0 Å². The molecule has 0 radical (unpaired) electrons. The molecule has 6 nitrogen and oxygen atoms in total. The lowest BCUT2D eigenvalue weighted by atomic mass is 10.2. The SMILES string of the molecule is Cc1cc(C(=O)NCCN2CCN(Cc3ccccc3)CC2)n(-c2ccccc2)n1. The Hall–Kier alpha value is -2.96. The summed E-state index contributed by atoms with van der Waals surface area (Å²) in [7, 11) is 0. The van der Waals surface area contributed by atoms with Crippen molar-refractivity contribution in [1.29, 1.82) is 0 Å². The monoisotopic (exact) mass is 403 g/mol. The first kappa shape index (κ1) is 20.3. The number of para-hydroxylation sites is 1. The van der Waals surface area contributed by atoms with Crippen LogP contribution in [0.5, 0.6) is 0 Å². The van der Waals surface area contributed by atoms with E-state index in [0.29, 0.717) is 12.2 Å². The number of nitrogens with one attached hydrogen (secondary N) is 1. The van der Waals surface area contributed by atoms with Crippen LogP contribution in [0, 0.1) is 6.92 Å². The van der Waals surface area contributed by atoms with Crippen LogP contribution in [0.1, 0.15) is 21.7 Å². The van der Waals surface area contributed by atoms with Crippen molar-refractivity contribution in [2.24, 2.45) is 0 Å². The standard InChI is InChI=1S/C24H29N5O/c1-20-18-23(29(26-20)22-10-6-3-7-11-22)24(30)25-12-13-27-14-16-28(17-15-27)19-21-8-4-2-5-9-21/h2-11,18H,12-17,19H2,1H3,(H,25,30). The van der Waals surface area contributed by atoms with Gasteiger partial charge in [-0.25, -0.2) is 4.68 Å². The second-order valence-electron chi connectivity index (χ2n) is 7.78. The number of hydrogen-bond acceptors (Lipinski definition) is 4. The largest absolute Gasteiger partial charge is 0.349 e. The normalized spacial score (nSPS) is 15.2. The molecule has 4 rings (SSSR count). The molecule has 1 fully saturated rings. The predicted octanol–water partition coefficient (Wildman–Crippen LogP) is 2.73. The van der Waals surface area contributed by atoms with Gasteiger partial charge in [0, 0.05) is 45.8 Å². The van der Waals surface area contributed by atoms with Gasteiger partial charge in [-0.3, -0.25) is 14.6 Å². The minimum absolute atomic E-state index is 0.0813. The van der Waals surface area contributed by atoms with Gasteiger partial charge in [-0.05, 0) is 30.7 Å². The second kappa shape index (κ2) is 9.69. The molecule has 1 aromatic heterocycles. The summed E-state index contributed by atoms with van der Waals surface area (Å²) in [5.74, 6) is -0.0813. The molecule has 3 aromatic rings. The van der Waals surface area contributed by atoms with Gasteiger partial charge in [0.15, 0.2) is 0 Å². The molecule has 156 valence electrons. The lowest BCUT2D eigenvalue weighted by Crippen LogP contribution is -2.48. The Bertz CT molecular complexity index is 946. The highest BCUT2D eigenvalue weighted by Crippen LogP contribution is 2.12. The van der Waals surface area contributed by atoms with Crippen molar-refractivity contribution < 1.29 is 4.79 Å². The number of aryl methyl sites for hydroxylation is 1. The van der Waals surface area contributed by atoms with Crippen molar-refractivity contribution in [1.82, 2.24) is 24.9 Å². The molecule has 30 heavy (non-hydrogen) atoms. The van der Waals surface area contributed by atoms with Crippen molar-refractivity contribution >= 4 is 5.91 Å². The molecule has 0 bridgehead atoms. The average Bonchev–Trinajstić information content (AvgIpc) is 3.18. The fourth-order valence-corrected chi connectivity index (χ4v) is 3.86. The van der Waals surface area contributed by atoms with Crippen LogP contribution in [-0.4, -0.2) is 64.8 Å². The molecular formula is C24H29N5O. The third-order valence-electron chi connectivity index (χ3n) is 5.49. The van der Waals surface area contributed by atoms with Gasteiger partial charge in [0.25, 0.3) is 5.91 Å². The Labute approximate surface area is 178 Å². The maximum Gasteiger partial charge on any atom is 0.270 e. The Balaban J connectivity index is 1.24. The van der Waals surface area contributed by atoms with E-state index in [9.17, 15) is 4.79 Å². The van der Waals surface area contributed by atoms with E-state index in [4.69, 9.17) is 0 Å². The topological polar surface area (TPSA) is 53.4 Å². The first-order chi connectivity index (χ1) is 14.7. The number of benzene rings is 2. The second-order valence-corrected chi connectivity index (χ2v) is 7.78. The molecule has 0 unspecified atom stereocenters. The Morgan fingerprint density at radius 1 is 0.933 bits per heavy atom. The van der Waals surface area contributed by atoms with E-state index in [2.05, 4.69) is 50.5 Å². The van der Waals surface area contributed by atoms with E-state index in [1.165, 1.54) is 5.56 Å². The summed E-state index contributed by atoms with van der Waals surface area (Å²) in [6.45, 7) is 8.60. The summed E-state index contributed by atoms with van der Waals surface area (Å²) in [5, 5.41) is 7.55. The van der Waals surface area contributed by atoms with Crippen molar-refractivity contribution in [2.75, 3.05) is 39.3 Å². The van der Waals surface area contributed by atoms with E-state index < -0.39 is 0 Å². The summed E-state index contributed by atoms with van der Waals surface area (Å²) >= 11 is 0. The number of carbonyl (C=O) groups excluding carboxylic acids is 1. The van der Waals surface area contributed by atoms with E-state index >= 15 is 0 Å². The van der Waals surface area contributed by atoms with Crippen molar-refractivity contribution in [2.45, 2.75) is 13.5 Å². The first-order valence-electron chi connectivity index (χ1n) is 10.6. The lowest BCUT2D eigenvalue weighted by Gasteiger charge is -2.34. The molecule has 0 spiro atoms. The smallest absolute Gasteiger partial charge is 0.270 e. The van der Waals surface area contributed by atoms with Crippen molar-refractivity contribution in [3.05, 3.63) is 83.7 Å². The minimum atomic E-state index is -0.0813. The Morgan fingerprint density at radius 3 is 2.27 bits per heavy atom. The molecule has 0 saturated carbocycles. The molecule has 2 aromatic carbocycles. The molecule has 0 aliphatic carbocycles. The highest BCUT2D eigenvalue weighted by atomic mass is 16.2. The average molecular weight is 404 g/mol. The van der Waals surface area contributed by atoms with Gasteiger partial charge in [0.05, 0.1) is 11.4 Å². The van der Waals surface area contributed by atoms with Crippen molar-refractivity contribution in [3.8, 4) is 5.69 Å². The molecule has 1 N–H and O–H groups in total. The van der Waals surface area contributed by atoms with Crippen LogP contribution in [0.15, 0.2) is 66.7 Å². The summed E-state index contributed by atoms with van der Waals surface area (Å²) in [5.41, 5.74) is 3.67. The zero-order valence-corrected chi connectivity index (χ0v) is 17.5. The van der Waals surface area contributed by atoms with E-state index in [1.54, 1.807) is 4.68 Å². The molecular weight excluding hydrogens is 374 g/mol. The van der Waals surface area contributed by atoms with Crippen LogP contribution in [-0.2, 0) is 6.54 Å². The van der Waals surface area contributed by atoms with Crippen LogP contribution in [0.25, 0.3) is 5.69 Å². The Kier molecular flexibility index (Phi) is 6.57. The van der Waals surface area contributed by atoms with Gasteiger partial charge in [-0.1, -0.05) is 48.5 Å². The molecule has 1 aliphatic heterocycles. The van der Waals surface area contributed by atoms with Gasteiger partial charge in [-0.2, -0.15) is 5.10 Å². The van der Waals surface area contributed by atoms with Crippen molar-refractivity contribution in [3.63, 3.8) is 0 Å². The summed E-state index contributed by atoms with van der Waals surface area (Å²) in [4.78, 5) is 17.7. The number of piperazine rings is 1. The minimum Gasteiger partial charge on any atom is -0.349 e. The zero-order valence-electron chi connectivity index (χ0n) is 17.5. The van der Waals surface area contributed by atoms with Crippen LogP contribution >= 0.6 is 0 Å². The molecule has 6 heteroatoms. The fourth-order valence-electron chi connectivity index (χ4n) is 3.86. The maximum absolute atomic E-state index is 12.8. The van der Waals surface area contributed by atoms with Gasteiger partial charge in [0.2, 0.25) is 0 Å². The fraction of sp³-hybridized carbons (Fsp3) is 0.333. The quantitative estimate of drug-likeness (QED) is 0.659. The van der Waals surface area contributed by atoms with Gasteiger partial charge >= 0.3 is 0 Å². The number of nitrogens with zero attached hydrogens (tertiary/aromatic N) is 4. The summed E-state index contributed by atoms with van der Waals surface area (Å²) < 4.78 is 1.72. The number of rotatable bonds is 7. The van der Waals surface area contributed by atoms with Crippen LogP contribution < -0.4 is 5.32 Å². The third kappa shape index (κ3) is 5.14. The number of carbonyl (C=O) groups is 1. The Morgan fingerprint density at radius 2 is 1.57 bits per heavy atom. The molecule has 1 saturated heterocycles. The van der Waals surface area contributed by atoms with Gasteiger partial charge < -0.3 is 5.32 Å². The molecule has 1 aliphatic rings. The molecule has 2 heterocycles. The number of aromatic nitrogens is 2. The maximum atomic E-state index is 12.8. The van der Waals surface area contributed by atoms with E-state index in [0.717, 1.165) is 50.6 Å². The first-order valence-corrected chi connectivity index (χ1v) is 10.6. The predicted molar refractivity (Wildman–Crippen MR) is 119 cm³/mol. The van der Waals surface area contributed by atoms with Crippen LogP contribution in [0.4, 0.5) is 0 Å². The highest BCUT2D eigenvalue weighted by Gasteiger charge is 2.18.